The summed E-state index contributed by atoms with van der Waals surface area (Å²) < 4.78 is 5.31. The van der Waals surface area contributed by atoms with Crippen LogP contribution in [0.1, 0.15) is 47.6 Å². The zero-order valence-corrected chi connectivity index (χ0v) is 15.9. The molecule has 4 aliphatic carbocycles. The molecule has 4 bridgehead atoms. The Morgan fingerprint density at radius 3 is 2.67 bits per heavy atom. The van der Waals surface area contributed by atoms with Gasteiger partial charge >= 0.3 is 0 Å². The molecule has 0 spiro atoms. The predicted octanol–water partition coefficient (Wildman–Crippen LogP) is 2.52. The summed E-state index contributed by atoms with van der Waals surface area (Å²) in [5.74, 6) is 1.33. The SMILES string of the molecule is Cc1nc(-c2cc(C(=O)N[C@H]3C4CC5CC3C[C@](C(N)=O)(C5)C4)no2)cs1. The minimum absolute atomic E-state index is 0.0863. The molecule has 8 heteroatoms. The van der Waals surface area contributed by atoms with Gasteiger partial charge in [0.1, 0.15) is 5.69 Å². The summed E-state index contributed by atoms with van der Waals surface area (Å²) in [6.07, 6.45) is 4.65. The molecular weight excluding hydrogens is 364 g/mol. The first-order valence-corrected chi connectivity index (χ1v) is 10.3. The van der Waals surface area contributed by atoms with Crippen LogP contribution in [0.25, 0.3) is 11.5 Å². The molecule has 142 valence electrons. The molecule has 2 atom stereocenters. The Morgan fingerprint density at radius 2 is 2.04 bits per heavy atom. The maximum atomic E-state index is 12.8. The first kappa shape index (κ1) is 16.9. The smallest absolute Gasteiger partial charge is 0.273 e. The van der Waals surface area contributed by atoms with E-state index in [1.807, 2.05) is 12.3 Å². The van der Waals surface area contributed by atoms with Crippen LogP contribution in [0.2, 0.25) is 0 Å². The van der Waals surface area contributed by atoms with Gasteiger partial charge in [0, 0.05) is 22.9 Å². The summed E-state index contributed by atoms with van der Waals surface area (Å²) >= 11 is 1.53. The maximum absolute atomic E-state index is 12.8. The number of amides is 2. The fraction of sp³-hybridized carbons (Fsp3) is 0.579. The monoisotopic (exact) mass is 386 g/mol. The van der Waals surface area contributed by atoms with Gasteiger partial charge in [0.25, 0.3) is 5.91 Å². The summed E-state index contributed by atoms with van der Waals surface area (Å²) in [6, 6.07) is 1.73. The van der Waals surface area contributed by atoms with Crippen LogP contribution in [-0.4, -0.2) is 28.0 Å². The fourth-order valence-corrected chi connectivity index (χ4v) is 6.37. The summed E-state index contributed by atoms with van der Waals surface area (Å²) in [5, 5.41) is 9.93. The molecule has 27 heavy (non-hydrogen) atoms. The molecule has 0 aliphatic heterocycles. The first-order chi connectivity index (χ1) is 12.9. The zero-order chi connectivity index (χ0) is 18.8. The quantitative estimate of drug-likeness (QED) is 0.839. The average Bonchev–Trinajstić information content (AvgIpc) is 3.26. The van der Waals surface area contributed by atoms with Crippen LogP contribution in [0.5, 0.6) is 0 Å². The molecule has 4 fully saturated rings. The van der Waals surface area contributed by atoms with E-state index in [2.05, 4.69) is 15.5 Å². The van der Waals surface area contributed by atoms with Gasteiger partial charge in [-0.3, -0.25) is 9.59 Å². The summed E-state index contributed by atoms with van der Waals surface area (Å²) in [5.41, 5.74) is 6.36. The average molecular weight is 386 g/mol. The molecule has 7 nitrogen and oxygen atoms in total. The van der Waals surface area contributed by atoms with E-state index < -0.39 is 0 Å². The van der Waals surface area contributed by atoms with Crippen LogP contribution < -0.4 is 11.1 Å². The van der Waals surface area contributed by atoms with Gasteiger partial charge in [0.05, 0.1) is 5.01 Å². The van der Waals surface area contributed by atoms with Gasteiger partial charge in [0.2, 0.25) is 5.91 Å². The highest BCUT2D eigenvalue weighted by Crippen LogP contribution is 2.59. The number of aromatic nitrogens is 2. The van der Waals surface area contributed by atoms with E-state index >= 15 is 0 Å². The number of rotatable bonds is 4. The number of nitrogens with zero attached hydrogens (tertiary/aromatic N) is 2. The highest BCUT2D eigenvalue weighted by Gasteiger charge is 2.58. The van der Waals surface area contributed by atoms with Gasteiger partial charge in [-0.25, -0.2) is 4.98 Å². The first-order valence-electron chi connectivity index (χ1n) is 9.43. The third-order valence-corrected chi connectivity index (χ3v) is 7.48. The molecule has 0 radical (unpaired) electrons. The van der Waals surface area contributed by atoms with Crippen LogP contribution in [0.15, 0.2) is 16.0 Å². The topological polar surface area (TPSA) is 111 Å². The van der Waals surface area contributed by atoms with E-state index in [0.717, 1.165) is 37.1 Å². The van der Waals surface area contributed by atoms with Crippen molar-refractivity contribution >= 4 is 23.2 Å². The van der Waals surface area contributed by atoms with Crippen molar-refractivity contribution in [1.29, 1.82) is 0 Å². The van der Waals surface area contributed by atoms with E-state index in [4.69, 9.17) is 10.3 Å². The Labute approximate surface area is 160 Å². The van der Waals surface area contributed by atoms with Crippen LogP contribution in [0.4, 0.5) is 0 Å². The summed E-state index contributed by atoms with van der Waals surface area (Å²) in [7, 11) is 0. The van der Waals surface area contributed by atoms with E-state index in [-0.39, 0.29) is 29.0 Å². The Bertz CT molecular complexity index is 904. The summed E-state index contributed by atoms with van der Waals surface area (Å²) in [4.78, 5) is 29.2. The molecule has 0 saturated heterocycles. The molecule has 2 aromatic heterocycles. The standard InChI is InChI=1S/C19H22N4O3S/c1-9-21-14(8-27-9)15-4-13(23-26-15)17(24)22-16-11-2-10-3-12(16)7-19(5-10,6-11)18(20)25/h4,8,10-12,16H,2-3,5-7H2,1H3,(H2,20,25)(H,22,24)/t10?,11?,12?,16-,19-. The van der Waals surface area contributed by atoms with Crippen molar-refractivity contribution < 1.29 is 14.1 Å². The van der Waals surface area contributed by atoms with Crippen molar-refractivity contribution in [3.8, 4) is 11.5 Å². The number of hydrogen-bond acceptors (Lipinski definition) is 6. The van der Waals surface area contributed by atoms with E-state index in [1.54, 1.807) is 6.07 Å². The lowest BCUT2D eigenvalue weighted by atomic mass is 9.47. The van der Waals surface area contributed by atoms with Crippen LogP contribution in [-0.2, 0) is 4.79 Å². The predicted molar refractivity (Wildman–Crippen MR) is 98.8 cm³/mol. The molecule has 4 saturated carbocycles. The fourth-order valence-electron chi connectivity index (χ4n) is 5.77. The van der Waals surface area contributed by atoms with Crippen molar-refractivity contribution in [1.82, 2.24) is 15.5 Å². The van der Waals surface area contributed by atoms with Gasteiger partial charge < -0.3 is 15.6 Å². The number of hydrogen-bond donors (Lipinski definition) is 2. The Balaban J connectivity index is 1.32. The van der Waals surface area contributed by atoms with Crippen molar-refractivity contribution in [2.75, 3.05) is 0 Å². The van der Waals surface area contributed by atoms with Crippen molar-refractivity contribution in [2.45, 2.75) is 45.1 Å². The number of carbonyl (C=O) groups is 2. The highest BCUT2D eigenvalue weighted by atomic mass is 32.1. The third-order valence-electron chi connectivity index (χ3n) is 6.71. The molecule has 2 unspecified atom stereocenters. The zero-order valence-electron chi connectivity index (χ0n) is 15.1. The normalized spacial score (nSPS) is 34.0. The second kappa shape index (κ2) is 5.89. The highest BCUT2D eigenvalue weighted by molar-refractivity contribution is 7.09. The molecule has 2 aromatic rings. The van der Waals surface area contributed by atoms with E-state index in [0.29, 0.717) is 29.2 Å². The lowest BCUT2D eigenvalue weighted by Gasteiger charge is -2.58. The lowest BCUT2D eigenvalue weighted by molar-refractivity contribution is -0.145. The molecule has 2 amide bonds. The number of aryl methyl sites for hydroxylation is 1. The number of carbonyl (C=O) groups excluding carboxylic acids is 2. The number of primary amides is 1. The number of thiazole rings is 1. The Morgan fingerprint density at radius 1 is 1.30 bits per heavy atom. The van der Waals surface area contributed by atoms with Crippen molar-refractivity contribution in [2.24, 2.45) is 28.9 Å². The van der Waals surface area contributed by atoms with Crippen LogP contribution >= 0.6 is 11.3 Å². The Kier molecular flexibility index (Phi) is 3.69. The van der Waals surface area contributed by atoms with Crippen LogP contribution in [0, 0.1) is 30.1 Å². The molecule has 6 rings (SSSR count). The van der Waals surface area contributed by atoms with E-state index in [9.17, 15) is 9.59 Å². The second-order valence-electron chi connectivity index (χ2n) is 8.44. The maximum Gasteiger partial charge on any atom is 0.273 e. The van der Waals surface area contributed by atoms with Gasteiger partial charge in [-0.05, 0) is 56.8 Å². The molecule has 3 N–H and O–H groups in total. The Hall–Kier alpha value is -2.22. The van der Waals surface area contributed by atoms with Crippen LogP contribution in [0.3, 0.4) is 0 Å². The molecular formula is C19H22N4O3S. The van der Waals surface area contributed by atoms with Gasteiger partial charge in [-0.1, -0.05) is 5.16 Å². The summed E-state index contributed by atoms with van der Waals surface area (Å²) in [6.45, 7) is 1.92. The molecule has 4 aliphatic rings. The third kappa shape index (κ3) is 2.69. The largest absolute Gasteiger partial charge is 0.369 e. The molecule has 0 aromatic carbocycles. The van der Waals surface area contributed by atoms with Gasteiger partial charge in [-0.15, -0.1) is 11.3 Å². The lowest BCUT2D eigenvalue weighted by Crippen LogP contribution is -2.62. The van der Waals surface area contributed by atoms with Gasteiger partial charge in [0.15, 0.2) is 11.5 Å². The number of nitrogens with one attached hydrogen (secondary N) is 1. The number of nitrogens with two attached hydrogens (primary N) is 1. The minimum atomic E-state index is -0.346. The van der Waals surface area contributed by atoms with Gasteiger partial charge in [-0.2, -0.15) is 0 Å². The minimum Gasteiger partial charge on any atom is -0.369 e. The second-order valence-corrected chi connectivity index (χ2v) is 9.50. The van der Waals surface area contributed by atoms with E-state index in [1.165, 1.54) is 11.3 Å². The van der Waals surface area contributed by atoms with Crippen molar-refractivity contribution in [3.05, 3.63) is 22.1 Å². The van der Waals surface area contributed by atoms with Crippen molar-refractivity contribution in [3.63, 3.8) is 0 Å². The molecule has 2 heterocycles.